The fourth-order valence-corrected chi connectivity index (χ4v) is 3.11. The van der Waals surface area contributed by atoms with Crippen molar-refractivity contribution in [2.45, 2.75) is 33.6 Å². The molecule has 0 aliphatic heterocycles. The third-order valence-corrected chi connectivity index (χ3v) is 4.41. The summed E-state index contributed by atoms with van der Waals surface area (Å²) in [6, 6.07) is 24.1. The van der Waals surface area contributed by atoms with Gasteiger partial charge in [0.05, 0.1) is 13.2 Å². The molecule has 3 aromatic rings. The Morgan fingerprint density at radius 3 is 2.15 bits per heavy atom. The topological polar surface area (TPSA) is 38.3 Å². The van der Waals surface area contributed by atoms with Crippen LogP contribution >= 0.6 is 0 Å². The van der Waals surface area contributed by atoms with Crippen LogP contribution in [0, 0.1) is 13.8 Å². The molecular formula is C24H25NO2. The van der Waals surface area contributed by atoms with E-state index in [0.717, 1.165) is 27.8 Å². The highest BCUT2D eigenvalue weighted by Gasteiger charge is 2.08. The summed E-state index contributed by atoms with van der Waals surface area (Å²) in [6.07, 6.45) is 0. The highest BCUT2D eigenvalue weighted by atomic mass is 16.5. The molecule has 3 rings (SSSR count). The number of benzene rings is 3. The van der Waals surface area contributed by atoms with Gasteiger partial charge in [0.15, 0.2) is 0 Å². The van der Waals surface area contributed by atoms with Gasteiger partial charge in [0.2, 0.25) is 0 Å². The lowest BCUT2D eigenvalue weighted by Gasteiger charge is -2.12. The molecule has 0 unspecified atom stereocenters. The normalized spacial score (nSPS) is 10.6. The van der Waals surface area contributed by atoms with Crippen LogP contribution in [0.4, 0.5) is 0 Å². The molecule has 0 aromatic heterocycles. The maximum Gasteiger partial charge on any atom is 0.251 e. The standard InChI is InChI=1S/C24H25NO2/c1-18-12-19(2)14-23(13-18)24(26)25-15-21-10-6-7-11-22(21)17-27-16-20-8-4-3-5-9-20/h3-14H,15-17H2,1-2H3,(H,25,26). The van der Waals surface area contributed by atoms with Crippen LogP contribution in [0.1, 0.15) is 38.2 Å². The fraction of sp³-hybridized carbons (Fsp3) is 0.208. The third-order valence-electron chi connectivity index (χ3n) is 4.41. The van der Waals surface area contributed by atoms with E-state index in [1.165, 1.54) is 0 Å². The van der Waals surface area contributed by atoms with Gasteiger partial charge in [0.1, 0.15) is 0 Å². The highest BCUT2D eigenvalue weighted by Crippen LogP contribution is 2.13. The summed E-state index contributed by atoms with van der Waals surface area (Å²) in [5, 5.41) is 3.02. The number of rotatable bonds is 7. The molecule has 0 radical (unpaired) electrons. The van der Waals surface area contributed by atoms with Crippen molar-refractivity contribution in [3.8, 4) is 0 Å². The maximum absolute atomic E-state index is 12.5. The predicted molar refractivity (Wildman–Crippen MR) is 108 cm³/mol. The molecule has 0 aliphatic carbocycles. The van der Waals surface area contributed by atoms with E-state index in [9.17, 15) is 4.79 Å². The van der Waals surface area contributed by atoms with E-state index in [-0.39, 0.29) is 5.91 Å². The van der Waals surface area contributed by atoms with Crippen molar-refractivity contribution in [3.63, 3.8) is 0 Å². The first-order valence-electron chi connectivity index (χ1n) is 9.17. The van der Waals surface area contributed by atoms with E-state index in [2.05, 4.69) is 23.5 Å². The Balaban J connectivity index is 1.59. The van der Waals surface area contributed by atoms with Gasteiger partial charge in [-0.05, 0) is 42.7 Å². The van der Waals surface area contributed by atoms with Crippen LogP contribution in [0.2, 0.25) is 0 Å². The number of ether oxygens (including phenoxy) is 1. The zero-order valence-electron chi connectivity index (χ0n) is 15.9. The molecule has 0 heterocycles. The second-order valence-electron chi connectivity index (χ2n) is 6.81. The third kappa shape index (κ3) is 5.53. The minimum Gasteiger partial charge on any atom is -0.372 e. The van der Waals surface area contributed by atoms with Gasteiger partial charge in [-0.1, -0.05) is 71.8 Å². The number of nitrogens with one attached hydrogen (secondary N) is 1. The Bertz CT molecular complexity index is 883. The SMILES string of the molecule is Cc1cc(C)cc(C(=O)NCc2ccccc2COCc2ccccc2)c1. The summed E-state index contributed by atoms with van der Waals surface area (Å²) in [7, 11) is 0. The lowest BCUT2D eigenvalue weighted by atomic mass is 10.1. The Morgan fingerprint density at radius 2 is 1.44 bits per heavy atom. The molecule has 27 heavy (non-hydrogen) atoms. The van der Waals surface area contributed by atoms with Crippen molar-refractivity contribution in [1.82, 2.24) is 5.32 Å². The second kappa shape index (κ2) is 9.15. The predicted octanol–water partition coefficient (Wildman–Crippen LogP) is 4.95. The van der Waals surface area contributed by atoms with Crippen LogP contribution in [0.3, 0.4) is 0 Å². The lowest BCUT2D eigenvalue weighted by molar-refractivity contribution is 0.0947. The number of hydrogen-bond acceptors (Lipinski definition) is 2. The molecule has 3 nitrogen and oxygen atoms in total. The largest absolute Gasteiger partial charge is 0.372 e. The van der Waals surface area contributed by atoms with Crippen molar-refractivity contribution < 1.29 is 9.53 Å². The molecule has 0 spiro atoms. The Morgan fingerprint density at radius 1 is 0.815 bits per heavy atom. The van der Waals surface area contributed by atoms with Crippen LogP contribution in [-0.4, -0.2) is 5.91 Å². The van der Waals surface area contributed by atoms with Gasteiger partial charge in [-0.3, -0.25) is 4.79 Å². The van der Waals surface area contributed by atoms with Gasteiger partial charge in [-0.25, -0.2) is 0 Å². The number of hydrogen-bond donors (Lipinski definition) is 1. The molecule has 0 fully saturated rings. The summed E-state index contributed by atoms with van der Waals surface area (Å²) in [6.45, 7) is 5.58. The monoisotopic (exact) mass is 359 g/mol. The van der Waals surface area contributed by atoms with Crippen molar-refractivity contribution in [2.24, 2.45) is 0 Å². The smallest absolute Gasteiger partial charge is 0.251 e. The molecule has 0 saturated heterocycles. The van der Waals surface area contributed by atoms with Gasteiger partial charge < -0.3 is 10.1 Å². The van der Waals surface area contributed by atoms with Crippen LogP contribution in [0.15, 0.2) is 72.8 Å². The zero-order valence-corrected chi connectivity index (χ0v) is 15.9. The Kier molecular flexibility index (Phi) is 6.39. The molecular weight excluding hydrogens is 334 g/mol. The van der Waals surface area contributed by atoms with Crippen molar-refractivity contribution in [3.05, 3.63) is 106 Å². The molecule has 0 bridgehead atoms. The van der Waals surface area contributed by atoms with E-state index in [1.54, 1.807) is 0 Å². The van der Waals surface area contributed by atoms with E-state index in [1.807, 2.05) is 68.4 Å². The molecule has 0 atom stereocenters. The van der Waals surface area contributed by atoms with E-state index in [4.69, 9.17) is 4.74 Å². The van der Waals surface area contributed by atoms with Crippen LogP contribution < -0.4 is 5.32 Å². The summed E-state index contributed by atoms with van der Waals surface area (Å²) in [4.78, 5) is 12.5. The molecule has 1 amide bonds. The van der Waals surface area contributed by atoms with E-state index >= 15 is 0 Å². The molecule has 3 aromatic carbocycles. The van der Waals surface area contributed by atoms with Gasteiger partial charge in [-0.2, -0.15) is 0 Å². The van der Waals surface area contributed by atoms with E-state index < -0.39 is 0 Å². The highest BCUT2D eigenvalue weighted by molar-refractivity contribution is 5.94. The van der Waals surface area contributed by atoms with Crippen LogP contribution in [0.5, 0.6) is 0 Å². The van der Waals surface area contributed by atoms with E-state index in [0.29, 0.717) is 25.3 Å². The molecule has 0 aliphatic rings. The molecule has 3 heteroatoms. The molecule has 1 N–H and O–H groups in total. The Labute approximate surface area is 161 Å². The minimum atomic E-state index is -0.0539. The maximum atomic E-state index is 12.5. The molecule has 138 valence electrons. The van der Waals surface area contributed by atoms with Crippen molar-refractivity contribution in [1.29, 1.82) is 0 Å². The quantitative estimate of drug-likeness (QED) is 0.648. The number of aryl methyl sites for hydroxylation is 2. The number of carbonyl (C=O) groups is 1. The van der Waals surface area contributed by atoms with Crippen LogP contribution in [0.25, 0.3) is 0 Å². The van der Waals surface area contributed by atoms with Gasteiger partial charge in [-0.15, -0.1) is 0 Å². The van der Waals surface area contributed by atoms with Gasteiger partial charge in [0.25, 0.3) is 5.91 Å². The summed E-state index contributed by atoms with van der Waals surface area (Å²) >= 11 is 0. The average Bonchev–Trinajstić information content (AvgIpc) is 2.67. The first-order valence-corrected chi connectivity index (χ1v) is 9.17. The van der Waals surface area contributed by atoms with Gasteiger partial charge >= 0.3 is 0 Å². The number of carbonyl (C=O) groups excluding carboxylic acids is 1. The fourth-order valence-electron chi connectivity index (χ4n) is 3.11. The summed E-state index contributed by atoms with van der Waals surface area (Å²) < 4.78 is 5.86. The van der Waals surface area contributed by atoms with Gasteiger partial charge in [0, 0.05) is 12.1 Å². The second-order valence-corrected chi connectivity index (χ2v) is 6.81. The Hall–Kier alpha value is -2.91. The minimum absolute atomic E-state index is 0.0539. The summed E-state index contributed by atoms with van der Waals surface area (Å²) in [5.74, 6) is -0.0539. The van der Waals surface area contributed by atoms with Crippen LogP contribution in [-0.2, 0) is 24.5 Å². The zero-order chi connectivity index (χ0) is 19.1. The first kappa shape index (κ1) is 18.9. The van der Waals surface area contributed by atoms with Crippen molar-refractivity contribution in [2.75, 3.05) is 0 Å². The van der Waals surface area contributed by atoms with Crippen molar-refractivity contribution >= 4 is 5.91 Å². The first-order chi connectivity index (χ1) is 13.1. The molecule has 0 saturated carbocycles. The lowest BCUT2D eigenvalue weighted by Crippen LogP contribution is -2.23. The average molecular weight is 359 g/mol. The summed E-state index contributed by atoms with van der Waals surface area (Å²) in [5.41, 5.74) is 6.20. The number of amides is 1.